The Kier molecular flexibility index (Phi) is 4.31. The van der Waals surface area contributed by atoms with Crippen LogP contribution in [0.25, 0.3) is 0 Å². The summed E-state index contributed by atoms with van der Waals surface area (Å²) in [5.41, 5.74) is 6.85. The van der Waals surface area contributed by atoms with Crippen LogP contribution >= 0.6 is 0 Å². The normalized spacial score (nSPS) is 21.0. The van der Waals surface area contributed by atoms with Gasteiger partial charge in [0.05, 0.1) is 6.04 Å². The summed E-state index contributed by atoms with van der Waals surface area (Å²) in [6, 6.07) is 4.28. The van der Waals surface area contributed by atoms with Gasteiger partial charge in [-0.2, -0.15) is 0 Å². The van der Waals surface area contributed by atoms with E-state index in [1.54, 1.807) is 6.20 Å². The summed E-state index contributed by atoms with van der Waals surface area (Å²) >= 11 is 0. The van der Waals surface area contributed by atoms with E-state index in [1.165, 1.54) is 0 Å². The standard InChI is InChI=1S/C14H21N3O/c1-11(15)6-7-14(18)17-9-3-5-13(17)12-4-2-8-16-10-12/h2,4,8,10-11,13H,3,5-7,9,15H2,1H3. The van der Waals surface area contributed by atoms with E-state index in [-0.39, 0.29) is 18.0 Å². The molecule has 0 aliphatic carbocycles. The number of likely N-dealkylation sites (tertiary alicyclic amines) is 1. The number of hydrogen-bond donors (Lipinski definition) is 1. The van der Waals surface area contributed by atoms with E-state index in [1.807, 2.05) is 24.1 Å². The summed E-state index contributed by atoms with van der Waals surface area (Å²) in [5, 5.41) is 0. The first kappa shape index (κ1) is 13.0. The highest BCUT2D eigenvalue weighted by Crippen LogP contribution is 2.31. The largest absolute Gasteiger partial charge is 0.336 e. The molecule has 1 aliphatic heterocycles. The minimum atomic E-state index is 0.0911. The highest BCUT2D eigenvalue weighted by atomic mass is 16.2. The summed E-state index contributed by atoms with van der Waals surface area (Å²) in [6.45, 7) is 2.80. The summed E-state index contributed by atoms with van der Waals surface area (Å²) in [6.07, 6.45) is 7.05. The van der Waals surface area contributed by atoms with Crippen LogP contribution in [0.3, 0.4) is 0 Å². The molecule has 1 aromatic heterocycles. The van der Waals surface area contributed by atoms with Crippen molar-refractivity contribution < 1.29 is 4.79 Å². The summed E-state index contributed by atoms with van der Waals surface area (Å²) < 4.78 is 0. The number of hydrogen-bond acceptors (Lipinski definition) is 3. The lowest BCUT2D eigenvalue weighted by molar-refractivity contribution is -0.132. The first-order valence-electron chi connectivity index (χ1n) is 6.63. The number of nitrogens with zero attached hydrogens (tertiary/aromatic N) is 2. The Morgan fingerprint density at radius 3 is 3.17 bits per heavy atom. The topological polar surface area (TPSA) is 59.2 Å². The van der Waals surface area contributed by atoms with Gasteiger partial charge in [0.1, 0.15) is 0 Å². The van der Waals surface area contributed by atoms with Gasteiger partial charge in [-0.3, -0.25) is 9.78 Å². The number of carbonyl (C=O) groups is 1. The van der Waals surface area contributed by atoms with Crippen LogP contribution in [0.1, 0.15) is 44.2 Å². The van der Waals surface area contributed by atoms with Crippen LogP contribution in [-0.4, -0.2) is 28.4 Å². The van der Waals surface area contributed by atoms with Crippen LogP contribution in [0.5, 0.6) is 0 Å². The molecule has 2 heterocycles. The minimum Gasteiger partial charge on any atom is -0.336 e. The maximum absolute atomic E-state index is 12.2. The van der Waals surface area contributed by atoms with Crippen LogP contribution < -0.4 is 5.73 Å². The maximum atomic E-state index is 12.2. The van der Waals surface area contributed by atoms with Gasteiger partial charge >= 0.3 is 0 Å². The van der Waals surface area contributed by atoms with Gasteiger partial charge in [-0.25, -0.2) is 0 Å². The van der Waals surface area contributed by atoms with Gasteiger partial charge in [-0.1, -0.05) is 6.07 Å². The van der Waals surface area contributed by atoms with Gasteiger partial charge in [0.2, 0.25) is 5.91 Å². The van der Waals surface area contributed by atoms with Crippen molar-refractivity contribution in [2.45, 2.75) is 44.7 Å². The van der Waals surface area contributed by atoms with Crippen molar-refractivity contribution >= 4 is 5.91 Å². The molecule has 98 valence electrons. The van der Waals surface area contributed by atoms with Crippen LogP contribution in [0.2, 0.25) is 0 Å². The Bertz CT molecular complexity index is 391. The fourth-order valence-corrected chi connectivity index (χ4v) is 2.48. The average molecular weight is 247 g/mol. The Morgan fingerprint density at radius 1 is 1.67 bits per heavy atom. The molecule has 18 heavy (non-hydrogen) atoms. The molecule has 4 nitrogen and oxygen atoms in total. The zero-order valence-electron chi connectivity index (χ0n) is 10.9. The fraction of sp³-hybridized carbons (Fsp3) is 0.571. The quantitative estimate of drug-likeness (QED) is 0.883. The molecule has 1 saturated heterocycles. The summed E-state index contributed by atoms with van der Waals surface area (Å²) in [7, 11) is 0. The molecule has 2 unspecified atom stereocenters. The third-order valence-electron chi connectivity index (χ3n) is 3.46. The second-order valence-corrected chi connectivity index (χ2v) is 5.05. The lowest BCUT2D eigenvalue weighted by atomic mass is 10.1. The second kappa shape index (κ2) is 5.96. The zero-order chi connectivity index (χ0) is 13.0. The third kappa shape index (κ3) is 3.07. The summed E-state index contributed by atoms with van der Waals surface area (Å²) in [4.78, 5) is 18.3. The van der Waals surface area contributed by atoms with Crippen molar-refractivity contribution in [1.29, 1.82) is 0 Å². The molecular weight excluding hydrogens is 226 g/mol. The van der Waals surface area contributed by atoms with Gasteiger partial charge in [-0.15, -0.1) is 0 Å². The third-order valence-corrected chi connectivity index (χ3v) is 3.46. The van der Waals surface area contributed by atoms with Crippen LogP contribution in [-0.2, 0) is 4.79 Å². The zero-order valence-corrected chi connectivity index (χ0v) is 10.9. The van der Waals surface area contributed by atoms with Gasteiger partial charge < -0.3 is 10.6 Å². The number of aromatic nitrogens is 1. The molecule has 0 bridgehead atoms. The molecular formula is C14H21N3O. The predicted octanol–water partition coefficient (Wildman–Crippen LogP) is 1.87. The van der Waals surface area contributed by atoms with Crippen molar-refractivity contribution in [3.63, 3.8) is 0 Å². The number of pyridine rings is 1. The molecule has 2 rings (SSSR count). The van der Waals surface area contributed by atoms with Crippen LogP contribution in [0, 0.1) is 0 Å². The Balaban J connectivity index is 2.01. The van der Waals surface area contributed by atoms with E-state index in [0.717, 1.165) is 31.4 Å². The van der Waals surface area contributed by atoms with Gasteiger partial charge in [0.25, 0.3) is 0 Å². The molecule has 1 fully saturated rings. The fourth-order valence-electron chi connectivity index (χ4n) is 2.48. The second-order valence-electron chi connectivity index (χ2n) is 5.05. The van der Waals surface area contributed by atoms with Crippen molar-refractivity contribution in [2.24, 2.45) is 5.73 Å². The minimum absolute atomic E-state index is 0.0911. The molecule has 0 radical (unpaired) electrons. The number of nitrogens with two attached hydrogens (primary N) is 1. The molecule has 2 atom stereocenters. The van der Waals surface area contributed by atoms with Crippen molar-refractivity contribution in [3.8, 4) is 0 Å². The predicted molar refractivity (Wildman–Crippen MR) is 70.8 cm³/mol. The smallest absolute Gasteiger partial charge is 0.223 e. The Hall–Kier alpha value is -1.42. The lowest BCUT2D eigenvalue weighted by Gasteiger charge is -2.25. The SMILES string of the molecule is CC(N)CCC(=O)N1CCCC1c1cccnc1. The van der Waals surface area contributed by atoms with E-state index in [0.29, 0.717) is 6.42 Å². The number of amides is 1. The first-order valence-corrected chi connectivity index (χ1v) is 6.63. The molecule has 0 aromatic carbocycles. The number of rotatable bonds is 4. The molecule has 0 spiro atoms. The highest BCUT2D eigenvalue weighted by Gasteiger charge is 2.29. The van der Waals surface area contributed by atoms with Gasteiger partial charge in [0, 0.05) is 31.4 Å². The maximum Gasteiger partial charge on any atom is 0.223 e. The molecule has 2 N–H and O–H groups in total. The van der Waals surface area contributed by atoms with Crippen LogP contribution in [0.15, 0.2) is 24.5 Å². The molecule has 4 heteroatoms. The Labute approximate surface area is 108 Å². The van der Waals surface area contributed by atoms with E-state index in [2.05, 4.69) is 11.1 Å². The monoisotopic (exact) mass is 247 g/mol. The highest BCUT2D eigenvalue weighted by molar-refractivity contribution is 5.77. The molecule has 1 amide bonds. The van der Waals surface area contributed by atoms with Gasteiger partial charge in [0.15, 0.2) is 0 Å². The molecule has 1 aromatic rings. The lowest BCUT2D eigenvalue weighted by Crippen LogP contribution is -2.31. The van der Waals surface area contributed by atoms with Crippen molar-refractivity contribution in [3.05, 3.63) is 30.1 Å². The van der Waals surface area contributed by atoms with Crippen molar-refractivity contribution in [1.82, 2.24) is 9.88 Å². The van der Waals surface area contributed by atoms with Gasteiger partial charge in [-0.05, 0) is 37.8 Å². The van der Waals surface area contributed by atoms with E-state index < -0.39 is 0 Å². The average Bonchev–Trinajstić information content (AvgIpc) is 2.86. The van der Waals surface area contributed by atoms with E-state index >= 15 is 0 Å². The van der Waals surface area contributed by atoms with E-state index in [4.69, 9.17) is 5.73 Å². The summed E-state index contributed by atoms with van der Waals surface area (Å²) in [5.74, 6) is 0.221. The van der Waals surface area contributed by atoms with E-state index in [9.17, 15) is 4.79 Å². The molecule has 1 aliphatic rings. The Morgan fingerprint density at radius 2 is 2.50 bits per heavy atom. The first-order chi connectivity index (χ1) is 8.68. The molecule has 0 saturated carbocycles. The number of carbonyl (C=O) groups excluding carboxylic acids is 1. The van der Waals surface area contributed by atoms with Crippen molar-refractivity contribution in [2.75, 3.05) is 6.54 Å². The van der Waals surface area contributed by atoms with Crippen LogP contribution in [0.4, 0.5) is 0 Å².